The molecular weight excluding hydrogens is 228 g/mol. The Morgan fingerprint density at radius 1 is 1.33 bits per heavy atom. The van der Waals surface area contributed by atoms with Crippen molar-refractivity contribution in [1.29, 1.82) is 0 Å². The van der Waals surface area contributed by atoms with Gasteiger partial charge in [-0.2, -0.15) is 0 Å². The van der Waals surface area contributed by atoms with Crippen molar-refractivity contribution in [3.8, 4) is 0 Å². The van der Waals surface area contributed by atoms with Gasteiger partial charge in [-0.1, -0.05) is 30.3 Å². The van der Waals surface area contributed by atoms with Gasteiger partial charge in [-0.3, -0.25) is 9.36 Å². The lowest BCUT2D eigenvalue weighted by Crippen LogP contribution is -2.21. The standard InChI is InChI=1S/C14H16N2O2/c1-11-9-14(18)16(10-15-11)8-7-13(17)12-5-3-2-4-6-12/h2-6,9-10,13,17H,7-8H2,1H3. The van der Waals surface area contributed by atoms with E-state index in [0.29, 0.717) is 18.7 Å². The maximum absolute atomic E-state index is 11.6. The van der Waals surface area contributed by atoms with Crippen molar-refractivity contribution >= 4 is 0 Å². The number of aliphatic hydroxyl groups excluding tert-OH is 1. The summed E-state index contributed by atoms with van der Waals surface area (Å²) in [6, 6.07) is 10.9. The zero-order chi connectivity index (χ0) is 13.0. The number of hydrogen-bond donors (Lipinski definition) is 1. The Kier molecular flexibility index (Phi) is 3.89. The van der Waals surface area contributed by atoms with Gasteiger partial charge in [0.25, 0.3) is 5.56 Å². The molecule has 1 heterocycles. The molecule has 1 aromatic heterocycles. The van der Waals surface area contributed by atoms with E-state index in [1.165, 1.54) is 17.0 Å². The van der Waals surface area contributed by atoms with E-state index in [9.17, 15) is 9.90 Å². The molecule has 0 fully saturated rings. The molecule has 1 aromatic carbocycles. The summed E-state index contributed by atoms with van der Waals surface area (Å²) in [4.78, 5) is 15.7. The van der Waals surface area contributed by atoms with Gasteiger partial charge in [-0.15, -0.1) is 0 Å². The molecule has 1 unspecified atom stereocenters. The predicted molar refractivity (Wildman–Crippen MR) is 69.3 cm³/mol. The van der Waals surface area contributed by atoms with Crippen molar-refractivity contribution in [3.05, 3.63) is 64.3 Å². The highest BCUT2D eigenvalue weighted by Crippen LogP contribution is 2.16. The fourth-order valence-electron chi connectivity index (χ4n) is 1.79. The molecule has 0 saturated heterocycles. The van der Waals surface area contributed by atoms with Crippen LogP contribution in [0.1, 0.15) is 23.8 Å². The first-order valence-corrected chi connectivity index (χ1v) is 5.93. The normalized spacial score (nSPS) is 12.3. The molecule has 4 heteroatoms. The van der Waals surface area contributed by atoms with Crippen LogP contribution in [-0.2, 0) is 6.54 Å². The lowest BCUT2D eigenvalue weighted by atomic mass is 10.1. The number of aliphatic hydroxyl groups is 1. The molecule has 0 bridgehead atoms. The Hall–Kier alpha value is -1.94. The van der Waals surface area contributed by atoms with Gasteiger partial charge in [-0.05, 0) is 18.9 Å². The third kappa shape index (κ3) is 3.05. The Bertz CT molecular complexity index is 564. The van der Waals surface area contributed by atoms with Crippen molar-refractivity contribution in [2.45, 2.75) is 26.0 Å². The van der Waals surface area contributed by atoms with E-state index in [1.54, 1.807) is 6.92 Å². The van der Waals surface area contributed by atoms with E-state index in [2.05, 4.69) is 4.98 Å². The van der Waals surface area contributed by atoms with Crippen LogP contribution >= 0.6 is 0 Å². The van der Waals surface area contributed by atoms with E-state index >= 15 is 0 Å². The first-order valence-electron chi connectivity index (χ1n) is 5.93. The second-order valence-corrected chi connectivity index (χ2v) is 4.28. The lowest BCUT2D eigenvalue weighted by molar-refractivity contribution is 0.160. The van der Waals surface area contributed by atoms with Crippen molar-refractivity contribution in [1.82, 2.24) is 9.55 Å². The molecule has 0 spiro atoms. The summed E-state index contributed by atoms with van der Waals surface area (Å²) < 4.78 is 1.51. The number of hydrogen-bond acceptors (Lipinski definition) is 3. The smallest absolute Gasteiger partial charge is 0.253 e. The molecule has 0 radical (unpaired) electrons. The van der Waals surface area contributed by atoms with Gasteiger partial charge in [-0.25, -0.2) is 4.98 Å². The largest absolute Gasteiger partial charge is 0.388 e. The molecule has 0 aliphatic carbocycles. The zero-order valence-corrected chi connectivity index (χ0v) is 10.3. The number of aryl methyl sites for hydroxylation is 2. The van der Waals surface area contributed by atoms with Crippen LogP contribution in [0.4, 0.5) is 0 Å². The Labute approximate surface area is 106 Å². The van der Waals surface area contributed by atoms with Crippen LogP contribution in [0.15, 0.2) is 47.5 Å². The fraction of sp³-hybridized carbons (Fsp3) is 0.286. The van der Waals surface area contributed by atoms with Crippen molar-refractivity contribution in [2.75, 3.05) is 0 Å². The van der Waals surface area contributed by atoms with E-state index in [4.69, 9.17) is 0 Å². The van der Waals surface area contributed by atoms with Crippen LogP contribution in [0.3, 0.4) is 0 Å². The molecule has 94 valence electrons. The molecule has 1 N–H and O–H groups in total. The van der Waals surface area contributed by atoms with Gasteiger partial charge < -0.3 is 5.11 Å². The summed E-state index contributed by atoms with van der Waals surface area (Å²) in [6.45, 7) is 2.24. The summed E-state index contributed by atoms with van der Waals surface area (Å²) in [5, 5.41) is 9.99. The highest BCUT2D eigenvalue weighted by atomic mass is 16.3. The van der Waals surface area contributed by atoms with Crippen LogP contribution in [0.2, 0.25) is 0 Å². The Balaban J connectivity index is 2.02. The van der Waals surface area contributed by atoms with Crippen LogP contribution in [0, 0.1) is 6.92 Å². The molecule has 18 heavy (non-hydrogen) atoms. The quantitative estimate of drug-likeness (QED) is 0.890. The Morgan fingerprint density at radius 3 is 2.72 bits per heavy atom. The first kappa shape index (κ1) is 12.5. The van der Waals surface area contributed by atoms with Crippen LogP contribution in [-0.4, -0.2) is 14.7 Å². The fourth-order valence-corrected chi connectivity index (χ4v) is 1.79. The van der Waals surface area contributed by atoms with Crippen molar-refractivity contribution < 1.29 is 5.11 Å². The summed E-state index contributed by atoms with van der Waals surface area (Å²) >= 11 is 0. The van der Waals surface area contributed by atoms with E-state index in [1.807, 2.05) is 30.3 Å². The average molecular weight is 244 g/mol. The van der Waals surface area contributed by atoms with Gasteiger partial charge in [0, 0.05) is 18.3 Å². The average Bonchev–Trinajstić information content (AvgIpc) is 2.38. The molecule has 0 aliphatic heterocycles. The summed E-state index contributed by atoms with van der Waals surface area (Å²) in [5.74, 6) is 0. The second-order valence-electron chi connectivity index (χ2n) is 4.28. The molecular formula is C14H16N2O2. The maximum Gasteiger partial charge on any atom is 0.253 e. The van der Waals surface area contributed by atoms with Crippen LogP contribution in [0.25, 0.3) is 0 Å². The molecule has 2 aromatic rings. The molecule has 4 nitrogen and oxygen atoms in total. The van der Waals surface area contributed by atoms with Gasteiger partial charge >= 0.3 is 0 Å². The number of aromatic nitrogens is 2. The minimum atomic E-state index is -0.556. The third-order valence-electron chi connectivity index (χ3n) is 2.84. The monoisotopic (exact) mass is 244 g/mol. The van der Waals surface area contributed by atoms with Gasteiger partial charge in [0.2, 0.25) is 0 Å². The SMILES string of the molecule is Cc1cc(=O)n(CCC(O)c2ccccc2)cn1. The zero-order valence-electron chi connectivity index (χ0n) is 10.3. The first-order chi connectivity index (χ1) is 8.66. The predicted octanol–water partition coefficient (Wildman–Crippen LogP) is 1.68. The maximum atomic E-state index is 11.6. The van der Waals surface area contributed by atoms with Gasteiger partial charge in [0.1, 0.15) is 0 Å². The summed E-state index contributed by atoms with van der Waals surface area (Å²) in [5.41, 5.74) is 1.49. The molecule has 0 amide bonds. The van der Waals surface area contributed by atoms with Crippen LogP contribution < -0.4 is 5.56 Å². The van der Waals surface area contributed by atoms with Crippen molar-refractivity contribution in [3.63, 3.8) is 0 Å². The summed E-state index contributed by atoms with van der Waals surface area (Å²) in [7, 11) is 0. The topological polar surface area (TPSA) is 55.1 Å². The number of rotatable bonds is 4. The molecule has 1 atom stereocenters. The minimum absolute atomic E-state index is 0.0808. The van der Waals surface area contributed by atoms with Crippen molar-refractivity contribution in [2.24, 2.45) is 0 Å². The number of nitrogens with zero attached hydrogens (tertiary/aromatic N) is 2. The number of benzene rings is 1. The van der Waals surface area contributed by atoms with E-state index in [-0.39, 0.29) is 5.56 Å². The van der Waals surface area contributed by atoms with Gasteiger partial charge in [0.05, 0.1) is 12.4 Å². The Morgan fingerprint density at radius 2 is 2.06 bits per heavy atom. The summed E-state index contributed by atoms with van der Waals surface area (Å²) in [6.07, 6.45) is 1.46. The molecule has 0 saturated carbocycles. The second kappa shape index (κ2) is 5.60. The van der Waals surface area contributed by atoms with E-state index in [0.717, 1.165) is 5.56 Å². The molecule has 0 aliphatic rings. The van der Waals surface area contributed by atoms with Crippen LogP contribution in [0.5, 0.6) is 0 Å². The third-order valence-corrected chi connectivity index (χ3v) is 2.84. The highest BCUT2D eigenvalue weighted by Gasteiger charge is 2.07. The highest BCUT2D eigenvalue weighted by molar-refractivity contribution is 5.17. The minimum Gasteiger partial charge on any atom is -0.388 e. The molecule has 2 rings (SSSR count). The van der Waals surface area contributed by atoms with Gasteiger partial charge in [0.15, 0.2) is 0 Å². The van der Waals surface area contributed by atoms with E-state index < -0.39 is 6.10 Å². The lowest BCUT2D eigenvalue weighted by Gasteiger charge is -2.11.